The first-order valence-corrected chi connectivity index (χ1v) is 22.4. The molecule has 0 amide bonds. The lowest BCUT2D eigenvalue weighted by molar-refractivity contribution is 0.607. The minimum absolute atomic E-state index is 0.608. The number of rotatable bonds is 14. The molecule has 0 N–H and O–H groups in total. The molecule has 6 heteroatoms. The van der Waals surface area contributed by atoms with Crippen molar-refractivity contribution in [2.45, 2.75) is 40.0 Å². The van der Waals surface area contributed by atoms with E-state index in [1.807, 2.05) is 6.92 Å². The molecular formula is C57H74N6. The van der Waals surface area contributed by atoms with Crippen molar-refractivity contribution in [3.63, 3.8) is 0 Å². The number of anilines is 5. The van der Waals surface area contributed by atoms with Crippen molar-refractivity contribution >= 4 is 45.8 Å². The van der Waals surface area contributed by atoms with Gasteiger partial charge in [0.15, 0.2) is 0 Å². The highest BCUT2D eigenvalue weighted by Crippen LogP contribution is 2.30. The summed E-state index contributed by atoms with van der Waals surface area (Å²) in [4.78, 5) is 15.0. The third-order valence-corrected chi connectivity index (χ3v) is 11.1. The maximum absolute atomic E-state index is 4.37. The molecule has 6 rings (SSSR count). The lowest BCUT2D eigenvalue weighted by Crippen LogP contribution is -2.08. The van der Waals surface area contributed by atoms with Crippen molar-refractivity contribution in [3.8, 4) is 0 Å². The zero-order valence-electron chi connectivity index (χ0n) is 40.6. The van der Waals surface area contributed by atoms with Crippen LogP contribution in [0, 0.1) is 5.92 Å². The summed E-state index contributed by atoms with van der Waals surface area (Å²) in [6.45, 7) is 7.42. The Balaban J connectivity index is 0.000000210. The maximum Gasteiger partial charge on any atom is 0.0574 e. The van der Waals surface area contributed by atoms with Crippen molar-refractivity contribution in [1.29, 1.82) is 0 Å². The number of benzene rings is 5. The van der Waals surface area contributed by atoms with Crippen LogP contribution in [-0.2, 0) is 6.42 Å². The number of nitrogens with zero attached hydrogens (tertiary/aromatic N) is 6. The Kier molecular flexibility index (Phi) is 19.6. The number of aliphatic imine (C=N–C) groups is 1. The van der Waals surface area contributed by atoms with Gasteiger partial charge in [0, 0.05) is 105 Å². The monoisotopic (exact) mass is 843 g/mol. The van der Waals surface area contributed by atoms with Crippen LogP contribution in [0.5, 0.6) is 0 Å². The molecule has 0 fully saturated rings. The third-order valence-electron chi connectivity index (χ3n) is 11.1. The average Bonchev–Trinajstić information content (AvgIpc) is 3.29. The lowest BCUT2D eigenvalue weighted by Gasteiger charge is -2.17. The zero-order valence-corrected chi connectivity index (χ0v) is 40.6. The highest BCUT2D eigenvalue weighted by molar-refractivity contribution is 6.06. The van der Waals surface area contributed by atoms with Gasteiger partial charge in [0.25, 0.3) is 0 Å². The summed E-state index contributed by atoms with van der Waals surface area (Å²) in [5, 5.41) is 0. The van der Waals surface area contributed by atoms with Gasteiger partial charge in [-0.15, -0.1) is 0 Å². The van der Waals surface area contributed by atoms with Crippen molar-refractivity contribution in [1.82, 2.24) is 0 Å². The van der Waals surface area contributed by atoms with E-state index in [2.05, 4.69) is 272 Å². The van der Waals surface area contributed by atoms with Crippen molar-refractivity contribution in [2.75, 3.05) is 102 Å². The number of hydrogen-bond acceptors (Lipinski definition) is 6. The van der Waals surface area contributed by atoms with Crippen LogP contribution < -0.4 is 24.5 Å². The molecule has 0 unspecified atom stereocenters. The molecule has 0 aromatic heterocycles. The largest absolute Gasteiger partial charge is 0.378 e. The first-order chi connectivity index (χ1) is 30.2. The fourth-order valence-electron chi connectivity index (χ4n) is 6.98. The molecule has 5 aromatic rings. The van der Waals surface area contributed by atoms with Gasteiger partial charge in [0.2, 0.25) is 0 Å². The maximum atomic E-state index is 4.37. The van der Waals surface area contributed by atoms with E-state index in [9.17, 15) is 0 Å². The van der Waals surface area contributed by atoms with Gasteiger partial charge in [-0.3, -0.25) is 4.99 Å². The fraction of sp³-hybridized carbons (Fsp3) is 0.316. The van der Waals surface area contributed by atoms with Crippen LogP contribution in [0.4, 0.5) is 28.4 Å². The van der Waals surface area contributed by atoms with Crippen LogP contribution in [0.15, 0.2) is 162 Å². The topological polar surface area (TPSA) is 28.6 Å². The molecule has 0 bridgehead atoms. The van der Waals surface area contributed by atoms with Gasteiger partial charge >= 0.3 is 0 Å². The second kappa shape index (κ2) is 25.0. The molecule has 0 saturated carbocycles. The van der Waals surface area contributed by atoms with Crippen LogP contribution in [0.2, 0.25) is 0 Å². The molecule has 1 aliphatic carbocycles. The van der Waals surface area contributed by atoms with Crippen molar-refractivity contribution < 1.29 is 0 Å². The molecule has 0 heterocycles. The Morgan fingerprint density at radius 1 is 0.444 bits per heavy atom. The number of hydrogen-bond donors (Lipinski definition) is 0. The molecular weight excluding hydrogens is 769 g/mol. The highest BCUT2D eigenvalue weighted by atomic mass is 15.1. The quantitative estimate of drug-likeness (QED) is 0.111. The Morgan fingerprint density at radius 2 is 0.778 bits per heavy atom. The minimum Gasteiger partial charge on any atom is -0.378 e. The molecule has 6 nitrogen and oxygen atoms in total. The van der Waals surface area contributed by atoms with Gasteiger partial charge in [-0.05, 0) is 150 Å². The Hall–Kier alpha value is -6.27. The van der Waals surface area contributed by atoms with Crippen molar-refractivity contribution in [2.24, 2.45) is 10.9 Å². The summed E-state index contributed by atoms with van der Waals surface area (Å²) < 4.78 is 0. The fourth-order valence-corrected chi connectivity index (χ4v) is 6.98. The SMILES string of the molecule is CCC(C=C(c1ccc(N(C)C)cc1)c1ccc(N(C)C)cc1)CC.CCN=C1C=CC(=Cc2ccc(N(C)C)cc2)C=C1.CN(C)c1ccc(Cc2ccc(N(C)C)cc2)cc1. The summed E-state index contributed by atoms with van der Waals surface area (Å²) in [7, 11) is 20.7. The van der Waals surface area contributed by atoms with E-state index in [0.29, 0.717) is 5.92 Å². The normalized spacial score (nSPS) is 11.5. The Labute approximate surface area is 381 Å². The highest BCUT2D eigenvalue weighted by Gasteiger charge is 2.10. The summed E-state index contributed by atoms with van der Waals surface area (Å²) in [6, 6.07) is 43.8. The third kappa shape index (κ3) is 15.9. The van der Waals surface area contributed by atoms with Crippen LogP contribution in [0.25, 0.3) is 11.6 Å². The molecule has 332 valence electrons. The van der Waals surface area contributed by atoms with E-state index < -0.39 is 0 Å². The van der Waals surface area contributed by atoms with Gasteiger partial charge in [0.05, 0.1) is 5.71 Å². The molecule has 0 atom stereocenters. The summed E-state index contributed by atoms with van der Waals surface area (Å²) in [5.41, 5.74) is 16.2. The Bertz CT molecular complexity index is 2130. The van der Waals surface area contributed by atoms with Gasteiger partial charge in [-0.2, -0.15) is 0 Å². The van der Waals surface area contributed by atoms with E-state index in [1.54, 1.807) is 0 Å². The first kappa shape index (κ1) is 49.4. The van der Waals surface area contributed by atoms with Gasteiger partial charge in [-0.1, -0.05) is 92.7 Å². The molecule has 0 aliphatic heterocycles. The van der Waals surface area contributed by atoms with E-state index in [4.69, 9.17) is 0 Å². The zero-order chi connectivity index (χ0) is 45.9. The van der Waals surface area contributed by atoms with Crippen molar-refractivity contribution in [3.05, 3.63) is 185 Å². The van der Waals surface area contributed by atoms with Crippen LogP contribution in [0.1, 0.15) is 61.4 Å². The van der Waals surface area contributed by atoms with Crippen LogP contribution >= 0.6 is 0 Å². The average molecular weight is 843 g/mol. The Morgan fingerprint density at radius 3 is 1.10 bits per heavy atom. The predicted octanol–water partition coefficient (Wildman–Crippen LogP) is 12.8. The van der Waals surface area contributed by atoms with E-state index in [1.165, 1.54) is 80.2 Å². The summed E-state index contributed by atoms with van der Waals surface area (Å²) >= 11 is 0. The lowest BCUT2D eigenvalue weighted by atomic mass is 9.91. The van der Waals surface area contributed by atoms with E-state index in [0.717, 1.165) is 18.7 Å². The summed E-state index contributed by atoms with van der Waals surface area (Å²) in [5.74, 6) is 0.608. The van der Waals surface area contributed by atoms with Crippen LogP contribution in [-0.4, -0.2) is 82.7 Å². The van der Waals surface area contributed by atoms with Gasteiger partial charge in [-0.25, -0.2) is 0 Å². The molecule has 63 heavy (non-hydrogen) atoms. The summed E-state index contributed by atoms with van der Waals surface area (Å²) in [6.07, 6.45) is 16.3. The predicted molar refractivity (Wildman–Crippen MR) is 282 cm³/mol. The molecule has 0 saturated heterocycles. The van der Waals surface area contributed by atoms with Gasteiger partial charge in [0.1, 0.15) is 0 Å². The van der Waals surface area contributed by atoms with Crippen LogP contribution in [0.3, 0.4) is 0 Å². The molecule has 1 aliphatic rings. The van der Waals surface area contributed by atoms with E-state index in [-0.39, 0.29) is 0 Å². The number of allylic oxidation sites excluding steroid dienone is 6. The standard InChI is InChI=1S/C23H32N2.C17H22N2.C17H20N2/c1-7-18(8-2)17-23(19-9-13-21(14-10-19)24(3)4)20-11-15-22(16-12-20)25(5)6;1-18(2)16-9-5-14(6-10-16)13-15-7-11-17(12-8-15)19(3)4;1-4-18-16-9-5-14(6-10-16)13-15-7-11-17(12-8-15)19(2)3/h9-18H,7-8H2,1-6H3;5-12H,13H2,1-4H3;5-13H,4H2,1-3H3. The second-order valence-corrected chi connectivity index (χ2v) is 17.0. The molecule has 0 radical (unpaired) electrons. The van der Waals surface area contributed by atoms with E-state index >= 15 is 0 Å². The second-order valence-electron chi connectivity index (χ2n) is 17.0. The minimum atomic E-state index is 0.608. The smallest absolute Gasteiger partial charge is 0.0574 e. The molecule has 5 aromatic carbocycles. The molecule has 0 spiro atoms. The van der Waals surface area contributed by atoms with Gasteiger partial charge < -0.3 is 24.5 Å². The first-order valence-electron chi connectivity index (χ1n) is 22.4.